The van der Waals surface area contributed by atoms with Crippen molar-refractivity contribution in [2.45, 2.75) is 32.3 Å². The van der Waals surface area contributed by atoms with Crippen LogP contribution in [-0.4, -0.2) is 41.5 Å². The van der Waals surface area contributed by atoms with Crippen molar-refractivity contribution in [3.8, 4) is 0 Å². The minimum absolute atomic E-state index is 0.173. The van der Waals surface area contributed by atoms with Crippen LogP contribution < -0.4 is 5.32 Å². The van der Waals surface area contributed by atoms with Crippen LogP contribution in [0.2, 0.25) is 0 Å². The van der Waals surface area contributed by atoms with Gasteiger partial charge in [0.2, 0.25) is 0 Å². The molecule has 1 heterocycles. The molecule has 1 aliphatic rings. The number of amides is 3. The lowest BCUT2D eigenvalue weighted by Crippen LogP contribution is -2.40. The molecule has 1 unspecified atom stereocenters. The Bertz CT molecular complexity index is 852. The smallest absolute Gasteiger partial charge is 0.407 e. The molecule has 3 rings (SSSR count). The van der Waals surface area contributed by atoms with Crippen LogP contribution >= 0.6 is 0 Å². The molecule has 0 spiro atoms. The van der Waals surface area contributed by atoms with Crippen molar-refractivity contribution in [3.05, 3.63) is 71.3 Å². The summed E-state index contributed by atoms with van der Waals surface area (Å²) in [6.07, 6.45) is -0.532. The Morgan fingerprint density at radius 2 is 1.50 bits per heavy atom. The number of hydrogen-bond donors (Lipinski definition) is 1. The standard InChI is InChI=1S/C22H24N2O4/c1-22(2,3)28-21(27)23-13-16(15-9-5-4-6-10-15)14-24-19(25)17-11-7-8-12-18(17)20(24)26/h4-12,16H,13-14H2,1-3H3,(H,23,27). The lowest BCUT2D eigenvalue weighted by molar-refractivity contribution is 0.0522. The first-order valence-electron chi connectivity index (χ1n) is 9.23. The Morgan fingerprint density at radius 3 is 2.04 bits per heavy atom. The van der Waals surface area contributed by atoms with Crippen molar-refractivity contribution in [3.63, 3.8) is 0 Å². The molecule has 3 amide bonds. The molecule has 0 aromatic heterocycles. The van der Waals surface area contributed by atoms with E-state index in [2.05, 4.69) is 5.32 Å². The maximum atomic E-state index is 12.7. The highest BCUT2D eigenvalue weighted by molar-refractivity contribution is 6.21. The van der Waals surface area contributed by atoms with E-state index >= 15 is 0 Å². The van der Waals surface area contributed by atoms with Crippen LogP contribution in [0.4, 0.5) is 4.79 Å². The molecule has 6 heteroatoms. The van der Waals surface area contributed by atoms with Gasteiger partial charge in [0, 0.05) is 19.0 Å². The third kappa shape index (κ3) is 4.39. The van der Waals surface area contributed by atoms with E-state index in [1.807, 2.05) is 30.3 Å². The zero-order valence-electron chi connectivity index (χ0n) is 16.3. The van der Waals surface area contributed by atoms with Gasteiger partial charge in [-0.3, -0.25) is 14.5 Å². The minimum atomic E-state index is -0.602. The molecule has 1 aliphatic heterocycles. The highest BCUT2D eigenvalue weighted by Crippen LogP contribution is 2.26. The van der Waals surface area contributed by atoms with Crippen LogP contribution in [0.25, 0.3) is 0 Å². The first-order chi connectivity index (χ1) is 13.3. The second kappa shape index (κ2) is 7.84. The quantitative estimate of drug-likeness (QED) is 0.805. The summed E-state index contributed by atoms with van der Waals surface area (Å²) in [4.78, 5) is 38.7. The maximum absolute atomic E-state index is 12.7. The summed E-state index contributed by atoms with van der Waals surface area (Å²) < 4.78 is 5.29. The van der Waals surface area contributed by atoms with Crippen LogP contribution in [0.15, 0.2) is 54.6 Å². The number of ether oxygens (including phenoxy) is 1. The largest absolute Gasteiger partial charge is 0.444 e. The Labute approximate surface area is 164 Å². The molecule has 0 saturated heterocycles. The van der Waals surface area contributed by atoms with Crippen molar-refractivity contribution in [1.82, 2.24) is 10.2 Å². The van der Waals surface area contributed by atoms with Crippen LogP contribution in [0.5, 0.6) is 0 Å². The van der Waals surface area contributed by atoms with E-state index in [4.69, 9.17) is 4.74 Å². The Kier molecular flexibility index (Phi) is 5.49. The highest BCUT2D eigenvalue weighted by atomic mass is 16.6. The van der Waals surface area contributed by atoms with E-state index in [-0.39, 0.29) is 30.8 Å². The van der Waals surface area contributed by atoms with E-state index < -0.39 is 11.7 Å². The summed E-state index contributed by atoms with van der Waals surface area (Å²) in [5.41, 5.74) is 1.16. The maximum Gasteiger partial charge on any atom is 0.407 e. The number of imide groups is 1. The fourth-order valence-electron chi connectivity index (χ4n) is 3.16. The van der Waals surface area contributed by atoms with Gasteiger partial charge in [0.25, 0.3) is 11.8 Å². The van der Waals surface area contributed by atoms with Gasteiger partial charge in [-0.2, -0.15) is 0 Å². The fraction of sp³-hybridized carbons (Fsp3) is 0.318. The number of carbonyl (C=O) groups is 3. The van der Waals surface area contributed by atoms with Crippen molar-refractivity contribution >= 4 is 17.9 Å². The molecule has 1 N–H and O–H groups in total. The number of nitrogens with zero attached hydrogens (tertiary/aromatic N) is 1. The zero-order valence-corrected chi connectivity index (χ0v) is 16.3. The number of benzene rings is 2. The molecule has 28 heavy (non-hydrogen) atoms. The van der Waals surface area contributed by atoms with Gasteiger partial charge < -0.3 is 10.1 Å². The van der Waals surface area contributed by atoms with Crippen LogP contribution in [-0.2, 0) is 4.74 Å². The Balaban J connectivity index is 1.76. The van der Waals surface area contributed by atoms with Crippen molar-refractivity contribution < 1.29 is 19.1 Å². The van der Waals surface area contributed by atoms with Crippen LogP contribution in [0.1, 0.15) is 53.0 Å². The zero-order chi connectivity index (χ0) is 20.3. The normalized spacial score (nSPS) is 14.6. The average Bonchev–Trinajstić information content (AvgIpc) is 2.89. The van der Waals surface area contributed by atoms with Gasteiger partial charge >= 0.3 is 6.09 Å². The molecule has 1 atom stereocenters. The molecule has 0 radical (unpaired) electrons. The number of rotatable bonds is 5. The second-order valence-electron chi connectivity index (χ2n) is 7.76. The molecule has 2 aromatic rings. The summed E-state index contributed by atoms with van der Waals surface area (Å²) in [6.45, 7) is 5.79. The third-order valence-electron chi connectivity index (χ3n) is 4.44. The summed E-state index contributed by atoms with van der Waals surface area (Å²) in [7, 11) is 0. The number of nitrogens with one attached hydrogen (secondary N) is 1. The Morgan fingerprint density at radius 1 is 0.964 bits per heavy atom. The van der Waals surface area contributed by atoms with Crippen LogP contribution in [0.3, 0.4) is 0 Å². The van der Waals surface area contributed by atoms with E-state index in [1.54, 1.807) is 45.0 Å². The summed E-state index contributed by atoms with van der Waals surface area (Å²) >= 11 is 0. The predicted molar refractivity (Wildman–Crippen MR) is 105 cm³/mol. The van der Waals surface area contributed by atoms with Crippen molar-refractivity contribution in [2.75, 3.05) is 13.1 Å². The molecular weight excluding hydrogens is 356 g/mol. The lowest BCUT2D eigenvalue weighted by atomic mass is 9.98. The van der Waals surface area contributed by atoms with E-state index in [0.717, 1.165) is 5.56 Å². The number of fused-ring (bicyclic) bond motifs is 1. The monoisotopic (exact) mass is 380 g/mol. The van der Waals surface area contributed by atoms with Gasteiger partial charge in [-0.15, -0.1) is 0 Å². The summed E-state index contributed by atoms with van der Waals surface area (Å²) in [5.74, 6) is -0.867. The van der Waals surface area contributed by atoms with Crippen molar-refractivity contribution in [2.24, 2.45) is 0 Å². The number of carbonyl (C=O) groups excluding carboxylic acids is 3. The van der Waals surface area contributed by atoms with Crippen LogP contribution in [0, 0.1) is 0 Å². The van der Waals surface area contributed by atoms with Gasteiger partial charge in [-0.05, 0) is 38.5 Å². The average molecular weight is 380 g/mol. The second-order valence-corrected chi connectivity index (χ2v) is 7.76. The highest BCUT2D eigenvalue weighted by Gasteiger charge is 2.36. The molecule has 0 bridgehead atoms. The molecular formula is C22H24N2O4. The fourth-order valence-corrected chi connectivity index (χ4v) is 3.16. The first kappa shape index (κ1) is 19.6. The third-order valence-corrected chi connectivity index (χ3v) is 4.44. The summed E-state index contributed by atoms with van der Waals surface area (Å²) in [6, 6.07) is 16.3. The Hall–Kier alpha value is -3.15. The predicted octanol–water partition coefficient (Wildman–Crippen LogP) is 3.59. The van der Waals surface area contributed by atoms with Gasteiger partial charge in [0.05, 0.1) is 11.1 Å². The summed E-state index contributed by atoms with van der Waals surface area (Å²) in [5, 5.41) is 2.75. The molecule has 6 nitrogen and oxygen atoms in total. The van der Waals surface area contributed by atoms with Gasteiger partial charge in [-0.25, -0.2) is 4.79 Å². The molecule has 0 fully saturated rings. The molecule has 0 saturated carbocycles. The topological polar surface area (TPSA) is 75.7 Å². The first-order valence-corrected chi connectivity index (χ1v) is 9.23. The van der Waals surface area contributed by atoms with Crippen molar-refractivity contribution in [1.29, 1.82) is 0 Å². The molecule has 2 aromatic carbocycles. The van der Waals surface area contributed by atoms with E-state index in [0.29, 0.717) is 11.1 Å². The van der Waals surface area contributed by atoms with Gasteiger partial charge in [0.15, 0.2) is 0 Å². The van der Waals surface area contributed by atoms with E-state index in [1.165, 1.54) is 4.90 Å². The number of alkyl carbamates (subject to hydrolysis) is 1. The van der Waals surface area contributed by atoms with Gasteiger partial charge in [-0.1, -0.05) is 42.5 Å². The van der Waals surface area contributed by atoms with E-state index in [9.17, 15) is 14.4 Å². The minimum Gasteiger partial charge on any atom is -0.444 e. The molecule has 0 aliphatic carbocycles. The lowest BCUT2D eigenvalue weighted by Gasteiger charge is -2.25. The SMILES string of the molecule is CC(C)(C)OC(=O)NCC(CN1C(=O)c2ccccc2C1=O)c1ccccc1. The number of hydrogen-bond acceptors (Lipinski definition) is 4. The van der Waals surface area contributed by atoms with Gasteiger partial charge in [0.1, 0.15) is 5.60 Å². The molecule has 146 valence electrons.